The lowest BCUT2D eigenvalue weighted by Gasteiger charge is -2.29. The first-order valence-corrected chi connectivity index (χ1v) is 13.4. The van der Waals surface area contributed by atoms with Crippen LogP contribution >= 0.6 is 0 Å². The van der Waals surface area contributed by atoms with Crippen LogP contribution in [0.1, 0.15) is 49.4 Å². The van der Waals surface area contributed by atoms with Gasteiger partial charge in [-0.1, -0.05) is 30.3 Å². The second kappa shape index (κ2) is 10.3. The minimum Gasteiger partial charge on any atom is -0.356 e. The normalized spacial score (nSPS) is 18.9. The molecule has 1 N–H and O–H groups in total. The van der Waals surface area contributed by atoms with E-state index >= 15 is 0 Å². The highest BCUT2D eigenvalue weighted by Gasteiger charge is 2.23. The van der Waals surface area contributed by atoms with Gasteiger partial charge in [0.15, 0.2) is 0 Å². The largest absolute Gasteiger partial charge is 0.356 e. The van der Waals surface area contributed by atoms with Gasteiger partial charge in [-0.05, 0) is 61.3 Å². The lowest BCUT2D eigenvalue weighted by atomic mass is 9.79. The summed E-state index contributed by atoms with van der Waals surface area (Å²) in [5.41, 5.74) is 2.90. The highest BCUT2D eigenvalue weighted by atomic mass is 32.2. The fourth-order valence-electron chi connectivity index (χ4n) is 4.82. The lowest BCUT2D eigenvalue weighted by Crippen LogP contribution is -2.31. The fraction of sp³-hybridized carbons (Fsp3) is 0.462. The molecule has 0 bridgehead atoms. The number of aromatic nitrogens is 2. The Labute approximate surface area is 202 Å². The Morgan fingerprint density at radius 3 is 2.47 bits per heavy atom. The quantitative estimate of drug-likeness (QED) is 0.529. The second-order valence-electron chi connectivity index (χ2n) is 9.46. The molecule has 8 heteroatoms. The standard InChI is InChI=1S/C26H34N4O3S/c1-29(2)34(32,33)22-13-14-24-23(17-22)28-25(30(24)3)15-16-26(31)27-18-19-9-11-21(12-10-19)20-7-5-4-6-8-20/h4-8,13-14,17,19,21H,9-12,15-16,18H2,1-3H3,(H,27,31). The molecule has 182 valence electrons. The van der Waals surface area contributed by atoms with Crippen LogP contribution in [0.5, 0.6) is 0 Å². The van der Waals surface area contributed by atoms with Gasteiger partial charge in [0.2, 0.25) is 15.9 Å². The number of fused-ring (bicyclic) bond motifs is 1. The van der Waals surface area contributed by atoms with Gasteiger partial charge in [-0.3, -0.25) is 4.79 Å². The van der Waals surface area contributed by atoms with E-state index in [1.807, 2.05) is 11.6 Å². The summed E-state index contributed by atoms with van der Waals surface area (Å²) in [7, 11) is 1.40. The molecule has 2 aromatic carbocycles. The molecule has 3 aromatic rings. The smallest absolute Gasteiger partial charge is 0.242 e. The molecule has 0 aliphatic heterocycles. The lowest BCUT2D eigenvalue weighted by molar-refractivity contribution is -0.121. The second-order valence-corrected chi connectivity index (χ2v) is 11.6. The minimum atomic E-state index is -3.52. The fourth-order valence-corrected chi connectivity index (χ4v) is 5.74. The number of sulfonamides is 1. The zero-order valence-electron chi connectivity index (χ0n) is 20.2. The number of nitrogens with one attached hydrogen (secondary N) is 1. The molecule has 0 saturated heterocycles. The van der Waals surface area contributed by atoms with Gasteiger partial charge in [-0.25, -0.2) is 17.7 Å². The van der Waals surface area contributed by atoms with Crippen molar-refractivity contribution in [3.05, 3.63) is 59.9 Å². The van der Waals surface area contributed by atoms with Crippen molar-refractivity contribution in [2.45, 2.75) is 49.3 Å². The first-order valence-electron chi connectivity index (χ1n) is 11.9. The Morgan fingerprint density at radius 1 is 1.09 bits per heavy atom. The van der Waals surface area contributed by atoms with Gasteiger partial charge >= 0.3 is 0 Å². The molecule has 1 amide bonds. The first-order chi connectivity index (χ1) is 16.3. The summed E-state index contributed by atoms with van der Waals surface area (Å²) >= 11 is 0. The predicted octanol–water partition coefficient (Wildman–Crippen LogP) is 3.85. The van der Waals surface area contributed by atoms with Gasteiger partial charge in [0.1, 0.15) is 5.82 Å². The van der Waals surface area contributed by atoms with Crippen molar-refractivity contribution in [3.63, 3.8) is 0 Å². The zero-order valence-corrected chi connectivity index (χ0v) is 21.0. The Hall–Kier alpha value is -2.71. The maximum atomic E-state index is 12.5. The van der Waals surface area contributed by atoms with Crippen molar-refractivity contribution >= 4 is 27.0 Å². The zero-order chi connectivity index (χ0) is 24.3. The number of carbonyl (C=O) groups is 1. The number of hydrogen-bond donors (Lipinski definition) is 1. The molecular formula is C26H34N4O3S. The van der Waals surface area contributed by atoms with Gasteiger partial charge in [-0.2, -0.15) is 0 Å². The maximum absolute atomic E-state index is 12.5. The molecule has 0 unspecified atom stereocenters. The molecule has 34 heavy (non-hydrogen) atoms. The van der Waals surface area contributed by atoms with E-state index in [-0.39, 0.29) is 10.8 Å². The van der Waals surface area contributed by atoms with Crippen LogP contribution < -0.4 is 5.32 Å². The molecule has 1 aliphatic rings. The van der Waals surface area contributed by atoms with Crippen LogP contribution in [-0.4, -0.2) is 48.8 Å². The SMILES string of the molecule is CN(C)S(=O)(=O)c1ccc2c(c1)nc(CCC(=O)NCC1CCC(c3ccccc3)CC1)n2C. The number of imidazole rings is 1. The average Bonchev–Trinajstić information content (AvgIpc) is 3.17. The summed E-state index contributed by atoms with van der Waals surface area (Å²) in [6.45, 7) is 0.731. The molecule has 1 fully saturated rings. The van der Waals surface area contributed by atoms with Crippen LogP contribution in [0, 0.1) is 5.92 Å². The molecule has 1 aliphatic carbocycles. The van der Waals surface area contributed by atoms with Crippen LogP contribution in [0.15, 0.2) is 53.4 Å². The molecule has 1 saturated carbocycles. The highest BCUT2D eigenvalue weighted by Crippen LogP contribution is 2.35. The van der Waals surface area contributed by atoms with E-state index < -0.39 is 10.0 Å². The van der Waals surface area contributed by atoms with Crippen molar-refractivity contribution < 1.29 is 13.2 Å². The molecule has 0 atom stereocenters. The molecule has 7 nitrogen and oxygen atoms in total. The third kappa shape index (κ3) is 5.33. The summed E-state index contributed by atoms with van der Waals surface area (Å²) in [6.07, 6.45) is 5.50. The monoisotopic (exact) mass is 482 g/mol. The Morgan fingerprint density at radius 2 is 1.79 bits per heavy atom. The van der Waals surface area contributed by atoms with Crippen molar-refractivity contribution in [3.8, 4) is 0 Å². The van der Waals surface area contributed by atoms with Crippen LogP contribution in [0.3, 0.4) is 0 Å². The van der Waals surface area contributed by atoms with Crippen LogP contribution in [-0.2, 0) is 28.3 Å². The molecule has 1 aromatic heterocycles. The average molecular weight is 483 g/mol. The summed E-state index contributed by atoms with van der Waals surface area (Å²) in [6, 6.07) is 15.7. The van der Waals surface area contributed by atoms with E-state index in [1.165, 1.54) is 36.8 Å². The van der Waals surface area contributed by atoms with Crippen molar-refractivity contribution in [2.75, 3.05) is 20.6 Å². The van der Waals surface area contributed by atoms with E-state index in [4.69, 9.17) is 0 Å². The van der Waals surface area contributed by atoms with Gasteiger partial charge in [0.25, 0.3) is 0 Å². The van der Waals surface area contributed by atoms with Crippen molar-refractivity contribution in [2.24, 2.45) is 13.0 Å². The molecule has 0 radical (unpaired) electrons. The van der Waals surface area contributed by atoms with Gasteiger partial charge < -0.3 is 9.88 Å². The number of carbonyl (C=O) groups excluding carboxylic acids is 1. The van der Waals surface area contributed by atoms with Gasteiger partial charge in [0, 0.05) is 40.5 Å². The van der Waals surface area contributed by atoms with E-state index in [1.54, 1.807) is 18.2 Å². The first kappa shape index (κ1) is 24.4. The molecule has 4 rings (SSSR count). The Kier molecular flexibility index (Phi) is 7.38. The number of benzene rings is 2. The summed E-state index contributed by atoms with van der Waals surface area (Å²) in [4.78, 5) is 17.3. The number of hydrogen-bond acceptors (Lipinski definition) is 4. The van der Waals surface area contributed by atoms with Crippen LogP contribution in [0.2, 0.25) is 0 Å². The number of nitrogens with zero attached hydrogens (tertiary/aromatic N) is 3. The Bertz CT molecular complexity index is 1240. The predicted molar refractivity (Wildman–Crippen MR) is 134 cm³/mol. The van der Waals surface area contributed by atoms with Crippen molar-refractivity contribution in [1.82, 2.24) is 19.2 Å². The Balaban J connectivity index is 1.28. The number of amides is 1. The number of aryl methyl sites for hydroxylation is 2. The number of rotatable bonds is 8. The van der Waals surface area contributed by atoms with E-state index in [0.717, 1.165) is 30.7 Å². The molecular weight excluding hydrogens is 448 g/mol. The van der Waals surface area contributed by atoms with Crippen LogP contribution in [0.25, 0.3) is 11.0 Å². The maximum Gasteiger partial charge on any atom is 0.242 e. The summed E-state index contributed by atoms with van der Waals surface area (Å²) < 4.78 is 27.9. The molecule has 0 spiro atoms. The topological polar surface area (TPSA) is 84.3 Å². The third-order valence-corrected chi connectivity index (χ3v) is 8.82. The van der Waals surface area contributed by atoms with E-state index in [2.05, 4.69) is 40.6 Å². The van der Waals surface area contributed by atoms with Crippen LogP contribution in [0.4, 0.5) is 0 Å². The molecule has 1 heterocycles. The summed E-state index contributed by atoms with van der Waals surface area (Å²) in [5.74, 6) is 1.98. The van der Waals surface area contributed by atoms with Gasteiger partial charge in [0.05, 0.1) is 15.9 Å². The highest BCUT2D eigenvalue weighted by molar-refractivity contribution is 7.89. The van der Waals surface area contributed by atoms with Gasteiger partial charge in [-0.15, -0.1) is 0 Å². The van der Waals surface area contributed by atoms with Crippen molar-refractivity contribution in [1.29, 1.82) is 0 Å². The minimum absolute atomic E-state index is 0.0353. The third-order valence-electron chi connectivity index (χ3n) is 7.00. The van der Waals surface area contributed by atoms with E-state index in [0.29, 0.717) is 30.2 Å². The van der Waals surface area contributed by atoms with E-state index in [9.17, 15) is 13.2 Å². The summed E-state index contributed by atoms with van der Waals surface area (Å²) in [5, 5.41) is 3.11.